The number of hydrogen-bond donors (Lipinski definition) is 3. The molecule has 1 saturated heterocycles. The van der Waals surface area contributed by atoms with Crippen LogP contribution in [0.15, 0.2) is 81.9 Å². The quantitative estimate of drug-likeness (QED) is 0.131. The number of hydrogen-bond acceptors (Lipinski definition) is 11. The van der Waals surface area contributed by atoms with Gasteiger partial charge in [-0.2, -0.15) is 0 Å². The molecule has 5 rings (SSSR count). The number of amides is 2. The highest BCUT2D eigenvalue weighted by Crippen LogP contribution is 2.41. The van der Waals surface area contributed by atoms with Crippen molar-refractivity contribution >= 4 is 69.3 Å². The monoisotopic (exact) mass is 627 g/mol. The highest BCUT2D eigenvalue weighted by molar-refractivity contribution is 8.00. The van der Waals surface area contributed by atoms with Crippen LogP contribution >= 0.6 is 34.7 Å². The van der Waals surface area contributed by atoms with Crippen molar-refractivity contribution in [3.63, 3.8) is 0 Å². The SMILES string of the molecule is Nc1nc(/C(=N\OCC(=O)OC(c2ccccc2)c2ccccc2)C(=O)NC2C(=O)N3C(C(=O)O)=C(Cl)CS[C@H]23)cs1. The molecule has 0 spiro atoms. The average Bonchev–Trinajstić information content (AvgIpc) is 3.42. The maximum absolute atomic E-state index is 13.2. The van der Waals surface area contributed by atoms with Gasteiger partial charge in [-0.25, -0.2) is 14.6 Å². The number of aromatic nitrogens is 1. The van der Waals surface area contributed by atoms with Gasteiger partial charge < -0.3 is 25.7 Å². The molecule has 1 fully saturated rings. The summed E-state index contributed by atoms with van der Waals surface area (Å²) < 4.78 is 5.69. The summed E-state index contributed by atoms with van der Waals surface area (Å²) >= 11 is 8.26. The van der Waals surface area contributed by atoms with Gasteiger partial charge in [0.05, 0.1) is 5.03 Å². The van der Waals surface area contributed by atoms with Crippen LogP contribution < -0.4 is 11.1 Å². The summed E-state index contributed by atoms with van der Waals surface area (Å²) in [7, 11) is 0. The Morgan fingerprint density at radius 3 is 2.36 bits per heavy atom. The first-order valence-corrected chi connectivity index (χ1v) is 14.6. The van der Waals surface area contributed by atoms with E-state index in [1.807, 2.05) is 60.7 Å². The van der Waals surface area contributed by atoms with E-state index in [-0.39, 0.29) is 33.0 Å². The van der Waals surface area contributed by atoms with Gasteiger partial charge in [0.1, 0.15) is 22.8 Å². The number of oxime groups is 1. The summed E-state index contributed by atoms with van der Waals surface area (Å²) in [6.45, 7) is -0.632. The molecule has 1 aromatic heterocycles. The number of anilines is 1. The second kappa shape index (κ2) is 12.6. The van der Waals surface area contributed by atoms with Crippen LogP contribution in [0.3, 0.4) is 0 Å². The maximum Gasteiger partial charge on any atom is 0.353 e. The van der Waals surface area contributed by atoms with E-state index in [9.17, 15) is 24.3 Å². The second-order valence-electron chi connectivity index (χ2n) is 8.90. The summed E-state index contributed by atoms with van der Waals surface area (Å²) in [5, 5.41) is 16.8. The Morgan fingerprint density at radius 2 is 1.79 bits per heavy atom. The zero-order valence-corrected chi connectivity index (χ0v) is 23.9. The van der Waals surface area contributed by atoms with Gasteiger partial charge in [-0.1, -0.05) is 77.4 Å². The third kappa shape index (κ3) is 6.10. The van der Waals surface area contributed by atoms with Crippen molar-refractivity contribution in [1.82, 2.24) is 15.2 Å². The van der Waals surface area contributed by atoms with E-state index in [4.69, 9.17) is 26.9 Å². The summed E-state index contributed by atoms with van der Waals surface area (Å²) in [4.78, 5) is 60.7. The molecule has 12 nitrogen and oxygen atoms in total. The molecule has 0 aliphatic carbocycles. The third-order valence-corrected chi connectivity index (χ3v) is 8.61. The molecule has 216 valence electrons. The van der Waals surface area contributed by atoms with Crippen LogP contribution in [0.25, 0.3) is 0 Å². The molecule has 0 radical (unpaired) electrons. The Bertz CT molecular complexity index is 1540. The Hall–Kier alpha value is -4.40. The predicted octanol–water partition coefficient (Wildman–Crippen LogP) is 2.71. The van der Waals surface area contributed by atoms with E-state index in [1.165, 1.54) is 17.1 Å². The predicted molar refractivity (Wildman–Crippen MR) is 155 cm³/mol. The van der Waals surface area contributed by atoms with Gasteiger partial charge in [-0.15, -0.1) is 23.1 Å². The number of carboxylic acids is 1. The van der Waals surface area contributed by atoms with E-state index in [1.54, 1.807) is 0 Å². The van der Waals surface area contributed by atoms with Gasteiger partial charge in [0, 0.05) is 11.1 Å². The van der Waals surface area contributed by atoms with Gasteiger partial charge in [-0.3, -0.25) is 14.5 Å². The average molecular weight is 628 g/mol. The summed E-state index contributed by atoms with van der Waals surface area (Å²) in [6, 6.07) is 17.3. The number of nitrogens with zero attached hydrogens (tertiary/aromatic N) is 3. The lowest BCUT2D eigenvalue weighted by atomic mass is 10.0. The van der Waals surface area contributed by atoms with Gasteiger partial charge in [0.2, 0.25) is 6.61 Å². The number of fused-ring (bicyclic) bond motifs is 1. The molecule has 0 saturated carbocycles. The van der Waals surface area contributed by atoms with Gasteiger partial charge in [-0.05, 0) is 11.1 Å². The number of carboxylic acid groups (broad SMARTS) is 1. The van der Waals surface area contributed by atoms with Crippen molar-refractivity contribution in [1.29, 1.82) is 0 Å². The third-order valence-electron chi connectivity index (χ3n) is 6.18. The number of thioether (sulfide) groups is 1. The molecule has 2 aliphatic rings. The van der Waals surface area contributed by atoms with Gasteiger partial charge in [0.15, 0.2) is 16.9 Å². The molecule has 3 heterocycles. The number of nitrogens with two attached hydrogens (primary N) is 1. The topological polar surface area (TPSA) is 174 Å². The van der Waals surface area contributed by atoms with Gasteiger partial charge in [0.25, 0.3) is 11.8 Å². The number of thiazole rings is 1. The molecular weight excluding hydrogens is 606 g/mol. The molecule has 42 heavy (non-hydrogen) atoms. The molecule has 1 unspecified atom stereocenters. The molecular formula is C27H22ClN5O7S2. The number of nitrogens with one attached hydrogen (secondary N) is 1. The minimum absolute atomic E-state index is 0.0316. The lowest BCUT2D eigenvalue weighted by Crippen LogP contribution is -2.71. The summed E-state index contributed by atoms with van der Waals surface area (Å²) in [5.41, 5.74) is 6.64. The Morgan fingerprint density at radius 1 is 1.14 bits per heavy atom. The van der Waals surface area contributed by atoms with Gasteiger partial charge >= 0.3 is 11.9 Å². The van der Waals surface area contributed by atoms with Crippen LogP contribution in [0.1, 0.15) is 22.9 Å². The minimum atomic E-state index is -1.34. The van der Waals surface area contributed by atoms with Crippen molar-refractivity contribution in [2.75, 3.05) is 18.1 Å². The number of aliphatic carboxylic acids is 1. The van der Waals surface area contributed by atoms with Crippen molar-refractivity contribution in [2.45, 2.75) is 17.5 Å². The molecule has 0 bridgehead atoms. The van der Waals surface area contributed by atoms with Crippen LogP contribution in [0.4, 0.5) is 5.13 Å². The normalized spacial score (nSPS) is 18.3. The standard InChI is InChI=1S/C27H22ClN5O7S2/c28-16-12-41-25-20(24(36)33(25)21(16)26(37)38)31-23(35)19(17-13-42-27(29)30-17)32-39-11-18(34)40-22(14-7-3-1-4-8-14)15-9-5-2-6-10-15/h1-10,13,20,22,25H,11-12H2,(H2,29,30)(H,31,35)(H,37,38)/b32-19+/t20?,25-/m1/s1. The number of esters is 1. The van der Waals surface area contributed by atoms with E-state index in [2.05, 4.69) is 15.5 Å². The maximum atomic E-state index is 13.2. The number of carbonyl (C=O) groups excluding carboxylic acids is 3. The highest BCUT2D eigenvalue weighted by atomic mass is 35.5. The van der Waals surface area contributed by atoms with E-state index < -0.39 is 47.9 Å². The molecule has 2 amide bonds. The lowest BCUT2D eigenvalue weighted by molar-refractivity contribution is -0.153. The Balaban J connectivity index is 1.28. The number of halogens is 1. The number of carbonyl (C=O) groups is 4. The van der Waals surface area contributed by atoms with Crippen molar-refractivity contribution in [3.05, 3.63) is 93.6 Å². The van der Waals surface area contributed by atoms with E-state index in [0.717, 1.165) is 27.4 Å². The summed E-state index contributed by atoms with van der Waals surface area (Å²) in [6.07, 6.45) is -0.701. The molecule has 2 aliphatic heterocycles. The molecule has 3 aromatic rings. The Labute approximate surface area is 252 Å². The number of β-lactam (4-membered cyclic amide) rings is 1. The minimum Gasteiger partial charge on any atom is -0.477 e. The number of ether oxygens (including phenoxy) is 1. The molecule has 15 heteroatoms. The largest absolute Gasteiger partial charge is 0.477 e. The number of nitrogen functional groups attached to an aromatic ring is 1. The highest BCUT2D eigenvalue weighted by Gasteiger charge is 2.54. The molecule has 2 aromatic carbocycles. The fourth-order valence-corrected chi connectivity index (χ4v) is 6.39. The lowest BCUT2D eigenvalue weighted by Gasteiger charge is -2.48. The zero-order valence-electron chi connectivity index (χ0n) is 21.5. The van der Waals surface area contributed by atoms with Crippen LogP contribution in [-0.2, 0) is 28.8 Å². The van der Waals surface area contributed by atoms with E-state index >= 15 is 0 Å². The van der Waals surface area contributed by atoms with Crippen molar-refractivity contribution in [2.24, 2.45) is 5.16 Å². The van der Waals surface area contributed by atoms with E-state index in [0.29, 0.717) is 0 Å². The van der Waals surface area contributed by atoms with Crippen molar-refractivity contribution < 1.29 is 33.9 Å². The fraction of sp³-hybridized carbons (Fsp3) is 0.185. The van der Waals surface area contributed by atoms with Crippen LogP contribution in [0.5, 0.6) is 0 Å². The van der Waals surface area contributed by atoms with Crippen LogP contribution in [-0.4, -0.2) is 68.2 Å². The molecule has 4 N–H and O–H groups in total. The first-order valence-electron chi connectivity index (χ1n) is 12.3. The van der Waals surface area contributed by atoms with Crippen molar-refractivity contribution in [3.8, 4) is 0 Å². The van der Waals surface area contributed by atoms with Crippen LogP contribution in [0.2, 0.25) is 0 Å². The van der Waals surface area contributed by atoms with Crippen LogP contribution in [0, 0.1) is 0 Å². The molecule has 2 atom stereocenters. The number of benzene rings is 2. The zero-order chi connectivity index (χ0) is 29.8. The second-order valence-corrected chi connectivity index (χ2v) is 11.3. The first kappa shape index (κ1) is 29.1. The summed E-state index contributed by atoms with van der Waals surface area (Å²) in [5.74, 6) is -3.42. The Kier molecular flexibility index (Phi) is 8.75. The fourth-order valence-electron chi connectivity index (χ4n) is 4.29. The smallest absolute Gasteiger partial charge is 0.353 e. The number of rotatable bonds is 10. The first-order chi connectivity index (χ1) is 20.2.